The molecule has 110 heavy (non-hydrogen) atoms. The van der Waals surface area contributed by atoms with E-state index in [1.807, 2.05) is 16.0 Å². The number of aliphatic carboxylic acids is 4. The lowest BCUT2D eigenvalue weighted by molar-refractivity contribution is -0.156. The second-order valence-corrected chi connectivity index (χ2v) is 26.8. The number of ether oxygens (including phenoxy) is 1. The van der Waals surface area contributed by atoms with Crippen LogP contribution in [-0.4, -0.2) is 242 Å². The van der Waals surface area contributed by atoms with Crippen LogP contribution in [0.2, 0.25) is 0 Å². The molecule has 1 aromatic heterocycles. The van der Waals surface area contributed by atoms with Gasteiger partial charge >= 0.3 is 29.8 Å². The molecule has 0 saturated carbocycles. The van der Waals surface area contributed by atoms with Crippen LogP contribution < -0.4 is 80.6 Å². The average molecular weight is 1560 g/mol. The highest BCUT2D eigenvalue weighted by Gasteiger charge is 2.40. The summed E-state index contributed by atoms with van der Waals surface area (Å²) in [6.07, 6.45) is -2.37. The number of aliphatic hydroxyl groups is 1. The highest BCUT2D eigenvalue weighted by atomic mass is 16.5. The monoisotopic (exact) mass is 1560 g/mol. The number of para-hydroxylation sites is 1. The number of carboxylic acids is 4. The number of hydrogen-bond donors (Lipinski definition) is 21. The first-order valence-corrected chi connectivity index (χ1v) is 36.0. The molecule has 0 radical (unpaired) electrons. The first-order chi connectivity index (χ1) is 51.9. The van der Waals surface area contributed by atoms with E-state index < -0.39 is 249 Å². The largest absolute Gasteiger partial charge is 0.481 e. The number of unbranched alkanes of at least 4 members (excludes halogenated alkanes) is 3. The van der Waals surface area contributed by atoms with E-state index in [0.717, 1.165) is 39.5 Å². The van der Waals surface area contributed by atoms with Gasteiger partial charge in [-0.05, 0) is 76.0 Å². The summed E-state index contributed by atoms with van der Waals surface area (Å²) in [7, 11) is 0. The molecule has 0 spiro atoms. The Bertz CT molecular complexity index is 3610. The van der Waals surface area contributed by atoms with Gasteiger partial charge in [0.2, 0.25) is 82.7 Å². The summed E-state index contributed by atoms with van der Waals surface area (Å²) in [5, 5.41) is 78.7. The Hall–Kier alpha value is -11.4. The van der Waals surface area contributed by atoms with Crippen LogP contribution in [0.4, 0.5) is 0 Å². The van der Waals surface area contributed by atoms with Gasteiger partial charge < -0.3 is 116 Å². The van der Waals surface area contributed by atoms with Crippen LogP contribution in [0.5, 0.6) is 0 Å². The highest BCUT2D eigenvalue weighted by Crippen LogP contribution is 2.21. The number of aromatic amines is 1. The number of esters is 1. The quantitative estimate of drug-likeness (QED) is 0.0227. The lowest BCUT2D eigenvalue weighted by Crippen LogP contribution is -2.61. The average Bonchev–Trinajstić information content (AvgIpc) is 1.64. The van der Waals surface area contributed by atoms with E-state index in [9.17, 15) is 117 Å². The summed E-state index contributed by atoms with van der Waals surface area (Å²) in [5.41, 5.74) is 12.5. The Morgan fingerprint density at radius 2 is 1.07 bits per heavy atom. The predicted molar refractivity (Wildman–Crippen MR) is 385 cm³/mol. The highest BCUT2D eigenvalue weighted by molar-refractivity contribution is 6.02. The zero-order chi connectivity index (χ0) is 82.5. The van der Waals surface area contributed by atoms with Crippen molar-refractivity contribution in [2.24, 2.45) is 23.3 Å². The number of rotatable bonds is 35. The van der Waals surface area contributed by atoms with Crippen molar-refractivity contribution in [1.82, 2.24) is 74.1 Å². The van der Waals surface area contributed by atoms with E-state index >= 15 is 0 Å². The number of aromatic nitrogens is 1. The van der Waals surface area contributed by atoms with E-state index in [2.05, 4.69) is 72.0 Å². The number of H-pyrrole nitrogens is 1. The number of nitrogens with two attached hydrogens (primary N) is 2. The first-order valence-electron chi connectivity index (χ1n) is 36.0. The van der Waals surface area contributed by atoms with Crippen molar-refractivity contribution in [3.8, 4) is 0 Å². The molecule has 41 nitrogen and oxygen atoms in total. The molecular weight excluding hydrogens is 1450 g/mol. The van der Waals surface area contributed by atoms with Crippen molar-refractivity contribution in [3.05, 3.63) is 36.0 Å². The molecule has 1 saturated heterocycles. The number of carbonyl (C=O) groups excluding carboxylic acids is 15. The Kier molecular flexibility index (Phi) is 40.0. The minimum absolute atomic E-state index is 0.0000397. The second-order valence-electron chi connectivity index (χ2n) is 26.8. The standard InChI is InChI=1S/C69H104N16O25/c1-7-34(3)16-11-9-10-12-20-51(88)77-43(25-38-30-72-40-18-14-13-17-39(38)40)64(104)81-44(26-50(71)87)65(105)83-47(29-57(97)98)66(106)85-58-37(6)110-69(109)48(24-35(4)8-2)84-62(102)42(21-22-54(91)92)79-67(107)49(33-86)78-53(90)31-73-60(100)45(27-55(93)94)80-59(99)36(5)75-63(103)46(28-56(95)96)82-61(101)41(19-15-23-70)76-52(89)32-74-68(58)108/h13-14,17-18,30,34-37,41-49,58,72,86H,7-12,15-16,19-29,31-33,70H2,1-6H3,(H2,71,87)(H,73,100)(H,74,108)(H,75,103)(H,76,89)(H,77,88)(H,78,90)(H,79,107)(H,80,99)(H,81,104)(H,82,101)(H,83,105)(H,84,102)(H,85,106)(H,91,92)(H,93,94)(H,95,96)(H,97,98). The summed E-state index contributed by atoms with van der Waals surface area (Å²) >= 11 is 0. The maximum absolute atomic E-state index is 14.7. The third-order valence-corrected chi connectivity index (χ3v) is 17.7. The second kappa shape index (κ2) is 47.4. The van der Waals surface area contributed by atoms with E-state index in [1.54, 1.807) is 44.3 Å². The Morgan fingerprint density at radius 1 is 0.545 bits per heavy atom. The number of hydrogen-bond acceptors (Lipinski definition) is 22. The molecule has 41 heteroatoms. The van der Waals surface area contributed by atoms with Crippen LogP contribution in [0, 0.1) is 11.8 Å². The molecule has 2 aromatic rings. The van der Waals surface area contributed by atoms with Crippen molar-refractivity contribution in [2.45, 2.75) is 230 Å². The molecule has 14 amide bonds. The number of primary amides is 1. The van der Waals surface area contributed by atoms with Gasteiger partial charge in [0.25, 0.3) is 0 Å². The minimum atomic E-state index is -2.31. The molecule has 1 aliphatic heterocycles. The number of carbonyl (C=O) groups is 19. The van der Waals surface area contributed by atoms with Gasteiger partial charge in [-0.2, -0.15) is 0 Å². The maximum atomic E-state index is 14.7. The van der Waals surface area contributed by atoms with Gasteiger partial charge in [0, 0.05) is 36.4 Å². The van der Waals surface area contributed by atoms with E-state index in [1.165, 1.54) is 0 Å². The van der Waals surface area contributed by atoms with Crippen LogP contribution in [-0.2, 0) is 102 Å². The zero-order valence-electron chi connectivity index (χ0n) is 62.1. The van der Waals surface area contributed by atoms with Gasteiger partial charge in [0.1, 0.15) is 72.6 Å². The van der Waals surface area contributed by atoms with Gasteiger partial charge in [0.05, 0.1) is 45.4 Å². The van der Waals surface area contributed by atoms with Crippen LogP contribution in [0.25, 0.3) is 10.9 Å². The molecule has 0 bridgehead atoms. The number of carboxylic acid groups (broad SMARTS) is 4. The number of fused-ring (bicyclic) bond motifs is 1. The van der Waals surface area contributed by atoms with Crippen molar-refractivity contribution in [2.75, 3.05) is 26.2 Å². The molecular formula is C69H104N16O25. The van der Waals surface area contributed by atoms with E-state index in [4.69, 9.17) is 16.2 Å². The van der Waals surface area contributed by atoms with Crippen LogP contribution in [0.3, 0.4) is 0 Å². The van der Waals surface area contributed by atoms with E-state index in [-0.39, 0.29) is 38.6 Å². The van der Waals surface area contributed by atoms with Crippen LogP contribution in [0.15, 0.2) is 30.5 Å². The Morgan fingerprint density at radius 3 is 1.65 bits per heavy atom. The summed E-state index contributed by atoms with van der Waals surface area (Å²) in [6, 6.07) is -14.4. The number of cyclic esters (lactones) is 1. The Balaban J connectivity index is 2.19. The van der Waals surface area contributed by atoms with E-state index in [0.29, 0.717) is 41.6 Å². The number of nitrogens with one attached hydrogen (secondary N) is 14. The molecule has 14 atom stereocenters. The van der Waals surface area contributed by atoms with Gasteiger partial charge in [0.15, 0.2) is 0 Å². The fourth-order valence-corrected chi connectivity index (χ4v) is 11.1. The number of amides is 14. The topological polar surface area (TPSA) is 659 Å². The summed E-state index contributed by atoms with van der Waals surface area (Å²) < 4.78 is 5.72. The lowest BCUT2D eigenvalue weighted by Gasteiger charge is -2.29. The van der Waals surface area contributed by atoms with Crippen molar-refractivity contribution in [3.63, 3.8) is 0 Å². The molecule has 2 heterocycles. The van der Waals surface area contributed by atoms with Crippen molar-refractivity contribution >= 4 is 123 Å². The summed E-state index contributed by atoms with van der Waals surface area (Å²) in [6.45, 7) is 5.81. The van der Waals surface area contributed by atoms with Crippen LogP contribution >= 0.6 is 0 Å². The maximum Gasteiger partial charge on any atom is 0.328 e. The SMILES string of the molecule is CCC(C)CCCCCCC(=O)NC(Cc1c[nH]c2ccccc12)C(=O)NC(CC(N)=O)C(=O)NC(CC(=O)O)C(=O)NC1C(=O)NCC(=O)NC(CCCN)C(=O)NC(CC(=O)O)C(=O)NC(C)C(=O)NC(CC(=O)O)C(=O)NCC(=O)NC(CO)C(=O)NC(CCC(=O)O)C(=O)NC(CC(C)CC)C(=O)OC1C. The molecule has 3 rings (SSSR count). The molecule has 14 unspecified atom stereocenters. The summed E-state index contributed by atoms with van der Waals surface area (Å²) in [5.74, 6) is -25.8. The van der Waals surface area contributed by atoms with Crippen molar-refractivity contribution in [1.29, 1.82) is 0 Å². The zero-order valence-corrected chi connectivity index (χ0v) is 62.1. The molecule has 23 N–H and O–H groups in total. The fourth-order valence-electron chi connectivity index (χ4n) is 11.1. The Labute approximate surface area is 632 Å². The smallest absolute Gasteiger partial charge is 0.328 e. The molecule has 1 fully saturated rings. The fraction of sp³-hybridized carbons (Fsp3) is 0.609. The van der Waals surface area contributed by atoms with Gasteiger partial charge in [-0.3, -0.25) is 86.3 Å². The van der Waals surface area contributed by atoms with Crippen molar-refractivity contribution < 1.29 is 121 Å². The third-order valence-electron chi connectivity index (χ3n) is 17.7. The van der Waals surface area contributed by atoms with Gasteiger partial charge in [-0.25, -0.2) is 4.79 Å². The predicted octanol–water partition coefficient (Wildman–Crippen LogP) is -5.04. The molecule has 610 valence electrons. The van der Waals surface area contributed by atoms with Gasteiger partial charge in [-0.15, -0.1) is 0 Å². The molecule has 1 aliphatic rings. The molecule has 0 aliphatic carbocycles. The molecule has 1 aromatic carbocycles. The third kappa shape index (κ3) is 33.4. The number of aliphatic hydroxyl groups excluding tert-OH is 1. The summed E-state index contributed by atoms with van der Waals surface area (Å²) in [4.78, 5) is 260. The van der Waals surface area contributed by atoms with Gasteiger partial charge in [-0.1, -0.05) is 84.4 Å². The lowest BCUT2D eigenvalue weighted by atomic mass is 9.98. The first kappa shape index (κ1) is 92.8. The minimum Gasteiger partial charge on any atom is -0.481 e. The number of benzene rings is 1. The van der Waals surface area contributed by atoms with Crippen LogP contribution in [0.1, 0.15) is 156 Å². The normalized spacial score (nSPS) is 22.0.